The lowest BCUT2D eigenvalue weighted by molar-refractivity contribution is -0.185. The molecule has 0 unspecified atom stereocenters. The highest BCUT2D eigenvalue weighted by Crippen LogP contribution is 2.40. The zero-order chi connectivity index (χ0) is 31.4. The lowest BCUT2D eigenvalue weighted by Crippen LogP contribution is -2.56. The second kappa shape index (κ2) is 13.7. The number of anilines is 1. The van der Waals surface area contributed by atoms with Crippen LogP contribution in [-0.4, -0.2) is 96.2 Å². The standard InChI is InChI=1S/C32H43F3N6O3/c1-4-24-20-40(31(43)21-8-10-22(11-9-21)32(33,34)35)17-18-41(24)27-13-12-26(25-7-6-15-36-30(25)44-5-2)38-28(27)29(42)37-23-14-16-39(3)19-23/h6-7,12-13,15,21-24H,4-5,8-11,14,16-20H2,1-3H3,(H,37,42)/t21-,22+,23-,24-/m1/s1. The Kier molecular flexibility index (Phi) is 9.97. The van der Waals surface area contributed by atoms with Gasteiger partial charge in [-0.05, 0) is 83.3 Å². The Morgan fingerprint density at radius 1 is 1.02 bits per heavy atom. The number of rotatable bonds is 8. The van der Waals surface area contributed by atoms with Crippen LogP contribution >= 0.6 is 0 Å². The molecule has 2 aromatic heterocycles. The van der Waals surface area contributed by atoms with Gasteiger partial charge in [0.2, 0.25) is 11.8 Å². The molecule has 3 aliphatic rings. The number of hydrogen-bond acceptors (Lipinski definition) is 7. The van der Waals surface area contributed by atoms with Crippen LogP contribution in [0.1, 0.15) is 62.9 Å². The van der Waals surface area contributed by atoms with E-state index in [1.165, 1.54) is 0 Å². The number of likely N-dealkylation sites (N-methyl/N-ethyl adjacent to an activating group) is 1. The van der Waals surface area contributed by atoms with Gasteiger partial charge in [0, 0.05) is 50.4 Å². The Morgan fingerprint density at radius 2 is 1.80 bits per heavy atom. The van der Waals surface area contributed by atoms with Crippen molar-refractivity contribution >= 4 is 17.5 Å². The Bertz CT molecular complexity index is 1320. The summed E-state index contributed by atoms with van der Waals surface area (Å²) >= 11 is 0. The number of nitrogens with one attached hydrogen (secondary N) is 1. The van der Waals surface area contributed by atoms with Crippen molar-refractivity contribution in [3.63, 3.8) is 0 Å². The van der Waals surface area contributed by atoms with Crippen LogP contribution in [0.25, 0.3) is 11.3 Å². The summed E-state index contributed by atoms with van der Waals surface area (Å²) in [4.78, 5) is 42.6. The van der Waals surface area contributed by atoms with Crippen LogP contribution in [0.2, 0.25) is 0 Å². The van der Waals surface area contributed by atoms with E-state index in [4.69, 9.17) is 9.72 Å². The van der Waals surface area contributed by atoms with E-state index in [1.54, 1.807) is 12.3 Å². The normalized spacial score (nSPS) is 24.8. The van der Waals surface area contributed by atoms with Gasteiger partial charge in [0.25, 0.3) is 5.91 Å². The van der Waals surface area contributed by atoms with E-state index in [9.17, 15) is 22.8 Å². The first kappa shape index (κ1) is 32.0. The van der Waals surface area contributed by atoms with E-state index in [-0.39, 0.29) is 55.5 Å². The molecule has 2 aliphatic heterocycles. The van der Waals surface area contributed by atoms with E-state index in [1.807, 2.05) is 44.0 Å². The van der Waals surface area contributed by atoms with E-state index in [2.05, 4.69) is 20.1 Å². The van der Waals surface area contributed by atoms with Crippen LogP contribution in [0, 0.1) is 11.8 Å². The number of likely N-dealkylation sites (tertiary alicyclic amines) is 1. The number of nitrogens with zero attached hydrogens (tertiary/aromatic N) is 5. The molecule has 1 aliphatic carbocycles. The summed E-state index contributed by atoms with van der Waals surface area (Å²) in [5.74, 6) is -1.54. The first-order valence-electron chi connectivity index (χ1n) is 15.8. The number of aromatic nitrogens is 2. The van der Waals surface area contributed by atoms with Crippen LogP contribution in [-0.2, 0) is 4.79 Å². The van der Waals surface area contributed by atoms with Crippen LogP contribution in [0.5, 0.6) is 5.88 Å². The molecule has 1 saturated carbocycles. The summed E-state index contributed by atoms with van der Waals surface area (Å²) in [5, 5.41) is 3.18. The average molecular weight is 617 g/mol. The fourth-order valence-electron chi connectivity index (χ4n) is 6.79. The van der Waals surface area contributed by atoms with Gasteiger partial charge in [0.1, 0.15) is 0 Å². The summed E-state index contributed by atoms with van der Waals surface area (Å²) in [6.07, 6.45) is -0.417. The van der Waals surface area contributed by atoms with Crippen molar-refractivity contribution < 1.29 is 27.5 Å². The molecule has 44 heavy (non-hydrogen) atoms. The molecular weight excluding hydrogens is 573 g/mol. The van der Waals surface area contributed by atoms with Gasteiger partial charge in [-0.25, -0.2) is 9.97 Å². The van der Waals surface area contributed by atoms with Gasteiger partial charge < -0.3 is 24.8 Å². The first-order chi connectivity index (χ1) is 21.1. The van der Waals surface area contributed by atoms with Crippen molar-refractivity contribution in [2.45, 2.75) is 70.6 Å². The minimum absolute atomic E-state index is 0.00625. The number of carbonyl (C=O) groups is 2. The molecule has 5 rings (SSSR count). The molecule has 240 valence electrons. The monoisotopic (exact) mass is 616 g/mol. The number of hydrogen-bond donors (Lipinski definition) is 1. The van der Waals surface area contributed by atoms with Crippen molar-refractivity contribution in [1.29, 1.82) is 0 Å². The molecule has 0 bridgehead atoms. The molecule has 3 fully saturated rings. The van der Waals surface area contributed by atoms with Gasteiger partial charge in [-0.1, -0.05) is 6.92 Å². The summed E-state index contributed by atoms with van der Waals surface area (Å²) in [7, 11) is 2.03. The second-order valence-corrected chi connectivity index (χ2v) is 12.2. The second-order valence-electron chi connectivity index (χ2n) is 12.2. The number of alkyl halides is 3. The van der Waals surface area contributed by atoms with Crippen LogP contribution < -0.4 is 15.0 Å². The van der Waals surface area contributed by atoms with Gasteiger partial charge in [-0.15, -0.1) is 0 Å². The summed E-state index contributed by atoms with van der Waals surface area (Å²) in [5.41, 5.74) is 2.28. The third-order valence-corrected chi connectivity index (χ3v) is 9.26. The van der Waals surface area contributed by atoms with Crippen molar-refractivity contribution in [3.05, 3.63) is 36.2 Å². The van der Waals surface area contributed by atoms with Crippen LogP contribution in [0.4, 0.5) is 18.9 Å². The largest absolute Gasteiger partial charge is 0.477 e. The van der Waals surface area contributed by atoms with Crippen molar-refractivity contribution in [3.8, 4) is 17.1 Å². The van der Waals surface area contributed by atoms with Crippen molar-refractivity contribution in [1.82, 2.24) is 25.1 Å². The summed E-state index contributed by atoms with van der Waals surface area (Å²) in [6.45, 7) is 7.41. The molecule has 2 saturated heterocycles. The molecule has 0 radical (unpaired) electrons. The highest BCUT2D eigenvalue weighted by molar-refractivity contribution is 5.99. The molecular formula is C32H43F3N6O3. The predicted molar refractivity (Wildman–Crippen MR) is 162 cm³/mol. The van der Waals surface area contributed by atoms with Crippen molar-refractivity contribution in [2.75, 3.05) is 51.3 Å². The number of ether oxygens (including phenoxy) is 1. The number of piperazine rings is 1. The topological polar surface area (TPSA) is 90.9 Å². The zero-order valence-electron chi connectivity index (χ0n) is 25.8. The molecule has 4 heterocycles. The highest BCUT2D eigenvalue weighted by atomic mass is 19.4. The predicted octanol–water partition coefficient (Wildman–Crippen LogP) is 4.77. The maximum atomic E-state index is 13.8. The van der Waals surface area contributed by atoms with Gasteiger partial charge in [0.15, 0.2) is 5.69 Å². The van der Waals surface area contributed by atoms with E-state index < -0.39 is 12.1 Å². The first-order valence-corrected chi connectivity index (χ1v) is 15.8. The number of pyridine rings is 2. The molecule has 2 atom stereocenters. The van der Waals surface area contributed by atoms with Crippen LogP contribution in [0.3, 0.4) is 0 Å². The molecule has 2 amide bonds. The SMILES string of the molecule is CCOc1ncccc1-c1ccc(N2CCN(C(=O)[C@H]3CC[C@@H](C(F)(F)F)CC3)C[C@H]2CC)c(C(=O)N[C@@H]2CCN(C)C2)n1. The number of carbonyl (C=O) groups excluding carboxylic acids is 2. The fraction of sp³-hybridized carbons (Fsp3) is 0.625. The van der Waals surface area contributed by atoms with E-state index >= 15 is 0 Å². The smallest absolute Gasteiger partial charge is 0.391 e. The molecule has 1 N–H and O–H groups in total. The van der Waals surface area contributed by atoms with Gasteiger partial charge >= 0.3 is 6.18 Å². The molecule has 2 aromatic rings. The zero-order valence-corrected chi connectivity index (χ0v) is 25.8. The highest BCUT2D eigenvalue weighted by Gasteiger charge is 2.43. The number of halogens is 3. The quantitative estimate of drug-likeness (QED) is 0.457. The molecule has 0 aromatic carbocycles. The Hall–Kier alpha value is -3.41. The minimum atomic E-state index is -4.20. The maximum absolute atomic E-state index is 13.8. The van der Waals surface area contributed by atoms with Gasteiger partial charge in [-0.3, -0.25) is 9.59 Å². The molecule has 0 spiro atoms. The number of amides is 2. The minimum Gasteiger partial charge on any atom is -0.477 e. The fourth-order valence-corrected chi connectivity index (χ4v) is 6.79. The lowest BCUT2D eigenvalue weighted by Gasteiger charge is -2.44. The van der Waals surface area contributed by atoms with Crippen molar-refractivity contribution in [2.24, 2.45) is 11.8 Å². The summed E-state index contributed by atoms with van der Waals surface area (Å²) in [6, 6.07) is 7.41. The molecule has 12 heteroatoms. The Morgan fingerprint density at radius 3 is 2.45 bits per heavy atom. The van der Waals surface area contributed by atoms with Crippen LogP contribution in [0.15, 0.2) is 30.5 Å². The third kappa shape index (κ3) is 7.11. The Balaban J connectivity index is 1.38. The average Bonchev–Trinajstić information content (AvgIpc) is 3.44. The molecule has 9 nitrogen and oxygen atoms in total. The summed E-state index contributed by atoms with van der Waals surface area (Å²) < 4.78 is 45.3. The Labute approximate surface area is 257 Å². The third-order valence-electron chi connectivity index (χ3n) is 9.26. The van der Waals surface area contributed by atoms with E-state index in [0.717, 1.165) is 25.9 Å². The van der Waals surface area contributed by atoms with E-state index in [0.29, 0.717) is 54.8 Å². The van der Waals surface area contributed by atoms with Gasteiger partial charge in [-0.2, -0.15) is 13.2 Å². The maximum Gasteiger partial charge on any atom is 0.391 e. The van der Waals surface area contributed by atoms with Gasteiger partial charge in [0.05, 0.1) is 29.5 Å². The lowest BCUT2D eigenvalue weighted by atomic mass is 9.81.